The molecule has 0 atom stereocenters. The number of unbranched alkanes of at least 4 members (excludes halogenated alkanes) is 1. The number of carboxylic acid groups (broad SMARTS) is 1. The van der Waals surface area contributed by atoms with Crippen LogP contribution in [0.2, 0.25) is 0 Å². The molecule has 2 rings (SSSR count). The molecule has 0 unspecified atom stereocenters. The Morgan fingerprint density at radius 1 is 1.29 bits per heavy atom. The standard InChI is InChI=1S/C17H19NO6/c1-3-4-7-23-14-6-5-12(22-2)9-13(14)18-16(19)15-8-11(10-24-15)17(20)21/h5-6,8-10H,3-4,7H2,1-2H3,(H,18,19)(H,20,21). The van der Waals surface area contributed by atoms with Crippen molar-refractivity contribution >= 4 is 17.6 Å². The number of carboxylic acids is 1. The summed E-state index contributed by atoms with van der Waals surface area (Å²) in [5.74, 6) is -0.782. The predicted molar refractivity (Wildman–Crippen MR) is 87.0 cm³/mol. The molecule has 0 aliphatic heterocycles. The van der Waals surface area contributed by atoms with Crippen LogP contribution in [0.3, 0.4) is 0 Å². The number of rotatable bonds is 8. The number of amides is 1. The Bertz CT molecular complexity index is 722. The van der Waals surface area contributed by atoms with E-state index in [1.54, 1.807) is 18.2 Å². The van der Waals surface area contributed by atoms with E-state index < -0.39 is 11.9 Å². The second-order valence-electron chi connectivity index (χ2n) is 5.02. The molecule has 0 saturated carbocycles. The molecule has 0 aliphatic rings. The lowest BCUT2D eigenvalue weighted by Gasteiger charge is -2.13. The smallest absolute Gasteiger partial charge is 0.338 e. The monoisotopic (exact) mass is 333 g/mol. The molecule has 7 heteroatoms. The number of ether oxygens (including phenoxy) is 2. The van der Waals surface area contributed by atoms with Crippen molar-refractivity contribution in [1.82, 2.24) is 0 Å². The van der Waals surface area contributed by atoms with Crippen LogP contribution in [0.15, 0.2) is 34.9 Å². The molecule has 0 radical (unpaired) electrons. The molecule has 1 aromatic heterocycles. The SMILES string of the molecule is CCCCOc1ccc(OC)cc1NC(=O)c1cc(C(=O)O)co1. The van der Waals surface area contributed by atoms with Gasteiger partial charge >= 0.3 is 5.97 Å². The van der Waals surface area contributed by atoms with E-state index in [1.165, 1.54) is 7.11 Å². The van der Waals surface area contributed by atoms with Crippen LogP contribution in [0.25, 0.3) is 0 Å². The second kappa shape index (κ2) is 8.05. The quantitative estimate of drug-likeness (QED) is 0.718. The minimum absolute atomic E-state index is 0.0924. The van der Waals surface area contributed by atoms with Gasteiger partial charge in [-0.3, -0.25) is 4.79 Å². The van der Waals surface area contributed by atoms with E-state index in [9.17, 15) is 9.59 Å². The van der Waals surface area contributed by atoms with Gasteiger partial charge in [0.15, 0.2) is 5.76 Å². The van der Waals surface area contributed by atoms with Crippen molar-refractivity contribution in [2.24, 2.45) is 0 Å². The molecule has 2 aromatic rings. The first-order chi connectivity index (χ1) is 11.5. The topological polar surface area (TPSA) is 98.0 Å². The fourth-order valence-electron chi connectivity index (χ4n) is 1.94. The summed E-state index contributed by atoms with van der Waals surface area (Å²) in [6.07, 6.45) is 2.89. The van der Waals surface area contributed by atoms with Gasteiger partial charge < -0.3 is 24.3 Å². The van der Waals surface area contributed by atoms with Gasteiger partial charge in [0, 0.05) is 12.1 Å². The number of benzene rings is 1. The van der Waals surface area contributed by atoms with E-state index >= 15 is 0 Å². The Labute approximate surface area is 139 Å². The molecule has 1 aromatic carbocycles. The summed E-state index contributed by atoms with van der Waals surface area (Å²) >= 11 is 0. The van der Waals surface area contributed by atoms with Gasteiger partial charge in [0.2, 0.25) is 0 Å². The summed E-state index contributed by atoms with van der Waals surface area (Å²) in [5.41, 5.74) is 0.328. The highest BCUT2D eigenvalue weighted by Gasteiger charge is 2.17. The minimum atomic E-state index is -1.16. The highest BCUT2D eigenvalue weighted by molar-refractivity contribution is 6.04. The molecule has 24 heavy (non-hydrogen) atoms. The number of aromatic carboxylic acids is 1. The molecule has 2 N–H and O–H groups in total. The number of carbonyl (C=O) groups is 2. The molecule has 0 saturated heterocycles. The van der Waals surface area contributed by atoms with Crippen molar-refractivity contribution in [2.75, 3.05) is 19.0 Å². The Balaban J connectivity index is 2.18. The summed E-state index contributed by atoms with van der Waals surface area (Å²) in [6, 6.07) is 6.22. The zero-order chi connectivity index (χ0) is 17.5. The van der Waals surface area contributed by atoms with E-state index in [1.807, 2.05) is 0 Å². The Morgan fingerprint density at radius 3 is 2.71 bits per heavy atom. The van der Waals surface area contributed by atoms with E-state index in [0.717, 1.165) is 25.2 Å². The number of furan rings is 1. The van der Waals surface area contributed by atoms with Gasteiger partial charge in [-0.1, -0.05) is 13.3 Å². The summed E-state index contributed by atoms with van der Waals surface area (Å²) in [4.78, 5) is 23.1. The van der Waals surface area contributed by atoms with Crippen LogP contribution < -0.4 is 14.8 Å². The van der Waals surface area contributed by atoms with Gasteiger partial charge in [0.25, 0.3) is 5.91 Å². The lowest BCUT2D eigenvalue weighted by Crippen LogP contribution is -2.12. The van der Waals surface area contributed by atoms with E-state index in [4.69, 9.17) is 19.0 Å². The first kappa shape index (κ1) is 17.4. The predicted octanol–water partition coefficient (Wildman–Crippen LogP) is 3.42. The van der Waals surface area contributed by atoms with Crippen molar-refractivity contribution in [3.8, 4) is 11.5 Å². The van der Waals surface area contributed by atoms with Gasteiger partial charge in [0.05, 0.1) is 25.0 Å². The van der Waals surface area contributed by atoms with Crippen LogP contribution in [0.4, 0.5) is 5.69 Å². The number of hydrogen-bond donors (Lipinski definition) is 2. The minimum Gasteiger partial charge on any atom is -0.497 e. The fraction of sp³-hybridized carbons (Fsp3) is 0.294. The maximum absolute atomic E-state index is 12.2. The molecule has 7 nitrogen and oxygen atoms in total. The average Bonchev–Trinajstić information content (AvgIpc) is 3.06. The average molecular weight is 333 g/mol. The summed E-state index contributed by atoms with van der Waals surface area (Å²) in [7, 11) is 1.52. The maximum Gasteiger partial charge on any atom is 0.338 e. The van der Waals surface area contributed by atoms with Crippen molar-refractivity contribution < 1.29 is 28.6 Å². The molecule has 0 aliphatic carbocycles. The largest absolute Gasteiger partial charge is 0.497 e. The normalized spacial score (nSPS) is 10.2. The van der Waals surface area contributed by atoms with Gasteiger partial charge in [-0.05, 0) is 18.6 Å². The van der Waals surface area contributed by atoms with Crippen LogP contribution in [0, 0.1) is 0 Å². The lowest BCUT2D eigenvalue weighted by molar-refractivity contribution is 0.0696. The lowest BCUT2D eigenvalue weighted by atomic mass is 10.2. The molecule has 0 spiro atoms. The molecular weight excluding hydrogens is 314 g/mol. The summed E-state index contributed by atoms with van der Waals surface area (Å²) in [6.45, 7) is 2.58. The third-order valence-corrected chi connectivity index (χ3v) is 3.26. The van der Waals surface area contributed by atoms with E-state index in [0.29, 0.717) is 23.8 Å². The first-order valence-electron chi connectivity index (χ1n) is 7.49. The molecule has 128 valence electrons. The van der Waals surface area contributed by atoms with E-state index in [2.05, 4.69) is 12.2 Å². The Kier molecular flexibility index (Phi) is 5.83. The molecule has 0 bridgehead atoms. The maximum atomic E-state index is 12.2. The van der Waals surface area contributed by atoms with Crippen LogP contribution in [-0.4, -0.2) is 30.7 Å². The Hall–Kier alpha value is -2.96. The summed E-state index contributed by atoms with van der Waals surface area (Å²) < 4.78 is 15.8. The highest BCUT2D eigenvalue weighted by atomic mass is 16.5. The van der Waals surface area contributed by atoms with Gasteiger partial charge in [-0.2, -0.15) is 0 Å². The van der Waals surface area contributed by atoms with E-state index in [-0.39, 0.29) is 11.3 Å². The molecule has 0 fully saturated rings. The number of methoxy groups -OCH3 is 1. The van der Waals surface area contributed by atoms with Crippen LogP contribution >= 0.6 is 0 Å². The van der Waals surface area contributed by atoms with Crippen molar-refractivity contribution in [3.05, 3.63) is 41.9 Å². The fourth-order valence-corrected chi connectivity index (χ4v) is 1.94. The van der Waals surface area contributed by atoms with Gasteiger partial charge in [-0.25, -0.2) is 4.79 Å². The Morgan fingerprint density at radius 2 is 2.08 bits per heavy atom. The third-order valence-electron chi connectivity index (χ3n) is 3.26. The third kappa shape index (κ3) is 4.28. The second-order valence-corrected chi connectivity index (χ2v) is 5.02. The summed E-state index contributed by atoms with van der Waals surface area (Å²) in [5, 5.41) is 11.5. The van der Waals surface area contributed by atoms with Gasteiger partial charge in [-0.15, -0.1) is 0 Å². The number of hydrogen-bond acceptors (Lipinski definition) is 5. The first-order valence-corrected chi connectivity index (χ1v) is 7.49. The van der Waals surface area contributed by atoms with Crippen molar-refractivity contribution in [3.63, 3.8) is 0 Å². The molecular formula is C17H19NO6. The van der Waals surface area contributed by atoms with Crippen LogP contribution in [0.1, 0.15) is 40.7 Å². The van der Waals surface area contributed by atoms with Crippen molar-refractivity contribution in [1.29, 1.82) is 0 Å². The zero-order valence-electron chi connectivity index (χ0n) is 13.5. The van der Waals surface area contributed by atoms with Crippen LogP contribution in [0.5, 0.6) is 11.5 Å². The molecule has 1 heterocycles. The zero-order valence-corrected chi connectivity index (χ0v) is 13.5. The highest BCUT2D eigenvalue weighted by Crippen LogP contribution is 2.30. The molecule has 1 amide bonds. The van der Waals surface area contributed by atoms with Crippen molar-refractivity contribution in [2.45, 2.75) is 19.8 Å². The van der Waals surface area contributed by atoms with Gasteiger partial charge in [0.1, 0.15) is 17.8 Å². The number of carbonyl (C=O) groups excluding carboxylic acids is 1. The number of anilines is 1. The van der Waals surface area contributed by atoms with Crippen LogP contribution in [-0.2, 0) is 0 Å². The number of nitrogens with one attached hydrogen (secondary N) is 1.